The first-order valence-corrected chi connectivity index (χ1v) is 4.54. The van der Waals surface area contributed by atoms with Crippen LogP contribution in [0.3, 0.4) is 0 Å². The van der Waals surface area contributed by atoms with E-state index in [-0.39, 0.29) is 6.42 Å². The smallest absolute Gasteiger partial charge is 0.264 e. The molecule has 0 saturated heterocycles. The van der Waals surface area contributed by atoms with Gasteiger partial charge in [0.05, 0.1) is 5.69 Å². The minimum absolute atomic E-state index is 0.0493. The first-order chi connectivity index (χ1) is 6.54. The maximum Gasteiger partial charge on any atom is 0.264 e. The van der Waals surface area contributed by atoms with Gasteiger partial charge in [-0.15, -0.1) is 0 Å². The second-order valence-electron chi connectivity index (χ2n) is 3.20. The monoisotopic (exact) mass is 204 g/mol. The van der Waals surface area contributed by atoms with Crippen LogP contribution in [0.1, 0.15) is 18.3 Å². The third-order valence-corrected chi connectivity index (χ3v) is 1.99. The van der Waals surface area contributed by atoms with Crippen molar-refractivity contribution in [3.63, 3.8) is 0 Å². The number of aromatic nitrogens is 2. The molecule has 14 heavy (non-hydrogen) atoms. The molecule has 1 atom stereocenters. The van der Waals surface area contributed by atoms with Gasteiger partial charge in [0.15, 0.2) is 0 Å². The van der Waals surface area contributed by atoms with E-state index in [2.05, 4.69) is 5.10 Å². The molecule has 1 unspecified atom stereocenters. The molecular weight excluding hydrogens is 190 g/mol. The number of nitrogens with zero attached hydrogens (tertiary/aromatic N) is 2. The highest BCUT2D eigenvalue weighted by Gasteiger charge is 2.19. The van der Waals surface area contributed by atoms with Gasteiger partial charge in [-0.05, 0) is 19.9 Å². The van der Waals surface area contributed by atoms with Crippen molar-refractivity contribution in [1.29, 1.82) is 0 Å². The van der Waals surface area contributed by atoms with Crippen molar-refractivity contribution in [2.24, 2.45) is 0 Å². The molecule has 1 aromatic rings. The fourth-order valence-corrected chi connectivity index (χ4v) is 1.34. The zero-order valence-electron chi connectivity index (χ0n) is 8.24. The van der Waals surface area contributed by atoms with Crippen LogP contribution in [-0.2, 0) is 13.0 Å². The number of aliphatic hydroxyl groups excluding tert-OH is 1. The molecule has 1 N–H and O–H groups in total. The molecule has 0 amide bonds. The molecule has 3 nitrogen and oxygen atoms in total. The van der Waals surface area contributed by atoms with E-state index in [4.69, 9.17) is 5.11 Å². The molecule has 1 aromatic heterocycles. The maximum atomic E-state index is 12.1. The lowest BCUT2D eigenvalue weighted by Gasteiger charge is -2.09. The zero-order chi connectivity index (χ0) is 10.7. The van der Waals surface area contributed by atoms with Crippen molar-refractivity contribution in [3.05, 3.63) is 17.5 Å². The number of alkyl halides is 2. The Labute approximate surface area is 81.4 Å². The summed E-state index contributed by atoms with van der Waals surface area (Å²) in [6, 6.07) is 1.72. The Hall–Kier alpha value is -0.970. The fourth-order valence-electron chi connectivity index (χ4n) is 1.34. The van der Waals surface area contributed by atoms with Crippen molar-refractivity contribution in [3.8, 4) is 0 Å². The average Bonchev–Trinajstić information content (AvgIpc) is 2.45. The van der Waals surface area contributed by atoms with Crippen LogP contribution < -0.4 is 0 Å². The van der Waals surface area contributed by atoms with E-state index in [0.29, 0.717) is 12.2 Å². The Morgan fingerprint density at radius 3 is 2.71 bits per heavy atom. The molecule has 0 aromatic carbocycles. The molecule has 0 aliphatic carbocycles. The Morgan fingerprint density at radius 1 is 1.57 bits per heavy atom. The van der Waals surface area contributed by atoms with Gasteiger partial charge in [0.1, 0.15) is 6.10 Å². The van der Waals surface area contributed by atoms with Gasteiger partial charge < -0.3 is 5.11 Å². The summed E-state index contributed by atoms with van der Waals surface area (Å²) < 4.78 is 25.8. The first-order valence-electron chi connectivity index (χ1n) is 4.54. The summed E-state index contributed by atoms with van der Waals surface area (Å²) >= 11 is 0. The number of halogens is 2. The highest BCUT2D eigenvalue weighted by atomic mass is 19.3. The summed E-state index contributed by atoms with van der Waals surface area (Å²) in [4.78, 5) is 0. The Morgan fingerprint density at radius 2 is 2.21 bits per heavy atom. The van der Waals surface area contributed by atoms with Gasteiger partial charge in [0.25, 0.3) is 6.43 Å². The molecule has 80 valence electrons. The van der Waals surface area contributed by atoms with Crippen molar-refractivity contribution < 1.29 is 13.9 Å². The van der Waals surface area contributed by atoms with E-state index >= 15 is 0 Å². The lowest BCUT2D eigenvalue weighted by Crippen LogP contribution is -2.22. The third kappa shape index (κ3) is 2.51. The largest absolute Gasteiger partial charge is 0.387 e. The summed E-state index contributed by atoms with van der Waals surface area (Å²) in [5.41, 5.74) is 1.43. The molecule has 0 saturated carbocycles. The van der Waals surface area contributed by atoms with Crippen molar-refractivity contribution in [1.82, 2.24) is 9.78 Å². The van der Waals surface area contributed by atoms with Crippen LogP contribution >= 0.6 is 0 Å². The van der Waals surface area contributed by atoms with E-state index in [1.54, 1.807) is 17.7 Å². The van der Waals surface area contributed by atoms with Gasteiger partial charge in [-0.2, -0.15) is 5.10 Å². The number of rotatable bonds is 4. The van der Waals surface area contributed by atoms with Gasteiger partial charge in [-0.25, -0.2) is 8.78 Å². The summed E-state index contributed by atoms with van der Waals surface area (Å²) in [6.45, 7) is 4.30. The van der Waals surface area contributed by atoms with Crippen LogP contribution in [0.15, 0.2) is 6.07 Å². The minimum atomic E-state index is -2.70. The Kier molecular flexibility index (Phi) is 3.57. The second kappa shape index (κ2) is 4.50. The quantitative estimate of drug-likeness (QED) is 0.804. The normalized spacial score (nSPS) is 13.6. The number of aryl methyl sites for hydroxylation is 2. The molecule has 1 rings (SSSR count). The summed E-state index contributed by atoms with van der Waals surface area (Å²) in [5, 5.41) is 13.1. The minimum Gasteiger partial charge on any atom is -0.387 e. The van der Waals surface area contributed by atoms with Gasteiger partial charge in [0.2, 0.25) is 0 Å². The van der Waals surface area contributed by atoms with Gasteiger partial charge >= 0.3 is 0 Å². The van der Waals surface area contributed by atoms with Crippen LogP contribution in [0, 0.1) is 6.92 Å². The lowest BCUT2D eigenvalue weighted by molar-refractivity contribution is -0.00468. The van der Waals surface area contributed by atoms with E-state index in [9.17, 15) is 8.78 Å². The lowest BCUT2D eigenvalue weighted by atomic mass is 10.2. The molecule has 0 radical (unpaired) electrons. The predicted molar refractivity (Wildman–Crippen MR) is 48.4 cm³/mol. The van der Waals surface area contributed by atoms with Crippen LogP contribution in [0.5, 0.6) is 0 Å². The Bertz CT molecular complexity index is 299. The van der Waals surface area contributed by atoms with Crippen LogP contribution in [-0.4, -0.2) is 27.4 Å². The highest BCUT2D eigenvalue weighted by molar-refractivity contribution is 5.10. The average molecular weight is 204 g/mol. The number of hydrogen-bond acceptors (Lipinski definition) is 2. The standard InChI is InChI=1S/C9H14F2N2O/c1-3-13-7(4-6(2)12-13)5-8(14)9(10)11/h4,8-9,14H,3,5H2,1-2H3. The molecule has 0 aliphatic rings. The molecular formula is C9H14F2N2O. The molecule has 5 heteroatoms. The van der Waals surface area contributed by atoms with Crippen LogP contribution in [0.25, 0.3) is 0 Å². The van der Waals surface area contributed by atoms with Crippen molar-refractivity contribution in [2.75, 3.05) is 0 Å². The summed E-state index contributed by atoms with van der Waals surface area (Å²) in [7, 11) is 0. The SMILES string of the molecule is CCn1nc(C)cc1CC(O)C(F)F. The van der Waals surface area contributed by atoms with E-state index < -0.39 is 12.5 Å². The molecule has 0 spiro atoms. The van der Waals surface area contributed by atoms with Crippen molar-refractivity contribution >= 4 is 0 Å². The molecule has 0 aliphatic heterocycles. The van der Waals surface area contributed by atoms with Gasteiger partial charge in [0, 0.05) is 18.7 Å². The number of aliphatic hydroxyl groups is 1. The van der Waals surface area contributed by atoms with E-state index in [0.717, 1.165) is 5.69 Å². The molecule has 0 bridgehead atoms. The maximum absolute atomic E-state index is 12.1. The van der Waals surface area contributed by atoms with E-state index in [1.165, 1.54) is 0 Å². The summed E-state index contributed by atoms with van der Waals surface area (Å²) in [6.07, 6.45) is -4.35. The Balaban J connectivity index is 2.74. The van der Waals surface area contributed by atoms with Crippen LogP contribution in [0.4, 0.5) is 8.78 Å². The summed E-state index contributed by atoms with van der Waals surface area (Å²) in [5.74, 6) is 0. The molecule has 0 fully saturated rings. The first kappa shape index (κ1) is 11.1. The zero-order valence-corrected chi connectivity index (χ0v) is 8.24. The third-order valence-electron chi connectivity index (χ3n) is 1.99. The van der Waals surface area contributed by atoms with E-state index in [1.807, 2.05) is 6.92 Å². The van der Waals surface area contributed by atoms with Gasteiger partial charge in [-0.3, -0.25) is 4.68 Å². The van der Waals surface area contributed by atoms with Gasteiger partial charge in [-0.1, -0.05) is 0 Å². The van der Waals surface area contributed by atoms with Crippen LogP contribution in [0.2, 0.25) is 0 Å². The predicted octanol–water partition coefficient (Wildman–Crippen LogP) is 1.38. The highest BCUT2D eigenvalue weighted by Crippen LogP contribution is 2.11. The topological polar surface area (TPSA) is 38.0 Å². The molecule has 1 heterocycles. The number of hydrogen-bond donors (Lipinski definition) is 1. The fraction of sp³-hybridized carbons (Fsp3) is 0.667. The second-order valence-corrected chi connectivity index (χ2v) is 3.20. The van der Waals surface area contributed by atoms with Crippen molar-refractivity contribution in [2.45, 2.75) is 39.3 Å².